The summed E-state index contributed by atoms with van der Waals surface area (Å²) < 4.78 is 5.54. The Morgan fingerprint density at radius 3 is 2.89 bits per heavy atom. The van der Waals surface area contributed by atoms with Crippen LogP contribution >= 0.6 is 0 Å². The zero-order valence-electron chi connectivity index (χ0n) is 9.93. The quantitative estimate of drug-likeness (QED) is 0.644. The number of rotatable bonds is 5. The van der Waals surface area contributed by atoms with Crippen LogP contribution in [0.4, 0.5) is 0 Å². The van der Waals surface area contributed by atoms with Crippen LogP contribution in [0.1, 0.15) is 16.8 Å². The molecule has 0 aromatic heterocycles. The Morgan fingerprint density at radius 1 is 1.33 bits per heavy atom. The molecule has 3 heteroatoms. The van der Waals surface area contributed by atoms with E-state index in [0.29, 0.717) is 12.2 Å². The number of hydrogen-bond acceptors (Lipinski definition) is 2. The monoisotopic (exact) mass is 242 g/mol. The summed E-state index contributed by atoms with van der Waals surface area (Å²) in [6.07, 6.45) is 2.58. The lowest BCUT2D eigenvalue weighted by molar-refractivity contribution is 0.0699. The van der Waals surface area contributed by atoms with Crippen LogP contribution in [-0.4, -0.2) is 17.7 Å². The lowest BCUT2D eigenvalue weighted by Gasteiger charge is -2.07. The number of fused-ring (bicyclic) bond motifs is 1. The second-order valence-corrected chi connectivity index (χ2v) is 3.92. The molecule has 18 heavy (non-hydrogen) atoms. The first-order valence-corrected chi connectivity index (χ1v) is 5.72. The van der Waals surface area contributed by atoms with Crippen LogP contribution in [0.15, 0.2) is 49.1 Å². The zero-order chi connectivity index (χ0) is 13.0. The van der Waals surface area contributed by atoms with Crippen molar-refractivity contribution in [1.82, 2.24) is 0 Å². The van der Waals surface area contributed by atoms with Gasteiger partial charge in [-0.05, 0) is 41.5 Å². The molecule has 0 atom stereocenters. The molecule has 0 radical (unpaired) electrons. The van der Waals surface area contributed by atoms with Crippen molar-refractivity contribution in [3.05, 3.63) is 54.6 Å². The van der Waals surface area contributed by atoms with Gasteiger partial charge in [0.2, 0.25) is 0 Å². The molecule has 92 valence electrons. The molecular formula is C15H14O3. The Bertz CT molecular complexity index is 587. The van der Waals surface area contributed by atoms with Gasteiger partial charge in [0.05, 0.1) is 12.2 Å². The van der Waals surface area contributed by atoms with Crippen molar-refractivity contribution in [2.75, 3.05) is 6.61 Å². The normalized spacial score (nSPS) is 10.2. The van der Waals surface area contributed by atoms with E-state index in [1.807, 2.05) is 12.1 Å². The molecule has 2 aromatic rings. The van der Waals surface area contributed by atoms with Crippen LogP contribution in [0.25, 0.3) is 10.8 Å². The Balaban J connectivity index is 2.34. The van der Waals surface area contributed by atoms with E-state index in [1.54, 1.807) is 30.3 Å². The maximum Gasteiger partial charge on any atom is 0.336 e. The summed E-state index contributed by atoms with van der Waals surface area (Å²) in [6.45, 7) is 4.20. The molecule has 0 saturated carbocycles. The second kappa shape index (κ2) is 5.36. The number of benzene rings is 2. The van der Waals surface area contributed by atoms with E-state index in [2.05, 4.69) is 6.58 Å². The largest absolute Gasteiger partial charge is 0.493 e. The molecule has 0 aliphatic rings. The summed E-state index contributed by atoms with van der Waals surface area (Å²) in [7, 11) is 0. The minimum Gasteiger partial charge on any atom is -0.493 e. The molecule has 0 bridgehead atoms. The van der Waals surface area contributed by atoms with Crippen LogP contribution in [-0.2, 0) is 0 Å². The molecule has 1 N–H and O–H groups in total. The van der Waals surface area contributed by atoms with Crippen molar-refractivity contribution < 1.29 is 14.6 Å². The topological polar surface area (TPSA) is 46.5 Å². The first-order valence-electron chi connectivity index (χ1n) is 5.72. The highest BCUT2D eigenvalue weighted by molar-refractivity contribution is 6.03. The van der Waals surface area contributed by atoms with E-state index in [-0.39, 0.29) is 0 Å². The number of carboxylic acids is 1. The first-order chi connectivity index (χ1) is 8.72. The molecule has 0 heterocycles. The van der Waals surface area contributed by atoms with E-state index >= 15 is 0 Å². The number of ether oxygens (including phenoxy) is 1. The molecular weight excluding hydrogens is 228 g/mol. The third-order valence-electron chi connectivity index (χ3n) is 2.67. The number of carboxylic acid groups (broad SMARTS) is 1. The molecule has 0 saturated heterocycles. The van der Waals surface area contributed by atoms with E-state index in [0.717, 1.165) is 22.9 Å². The molecule has 0 amide bonds. The number of aromatic carboxylic acids is 1. The zero-order valence-corrected chi connectivity index (χ0v) is 9.93. The molecule has 0 fully saturated rings. The minimum atomic E-state index is -0.916. The minimum absolute atomic E-state index is 0.310. The van der Waals surface area contributed by atoms with Gasteiger partial charge >= 0.3 is 5.97 Å². The van der Waals surface area contributed by atoms with Crippen LogP contribution in [0.5, 0.6) is 5.75 Å². The van der Waals surface area contributed by atoms with Gasteiger partial charge in [0.15, 0.2) is 0 Å². The van der Waals surface area contributed by atoms with Gasteiger partial charge in [-0.3, -0.25) is 0 Å². The Kier molecular flexibility index (Phi) is 3.63. The van der Waals surface area contributed by atoms with E-state index in [1.165, 1.54) is 0 Å². The highest BCUT2D eigenvalue weighted by Crippen LogP contribution is 2.24. The van der Waals surface area contributed by atoms with Gasteiger partial charge in [0, 0.05) is 0 Å². The van der Waals surface area contributed by atoms with Crippen LogP contribution in [0.2, 0.25) is 0 Å². The molecule has 2 rings (SSSR count). The van der Waals surface area contributed by atoms with E-state index in [4.69, 9.17) is 9.84 Å². The Labute approximate surface area is 105 Å². The first kappa shape index (κ1) is 12.2. The van der Waals surface area contributed by atoms with Gasteiger partial charge in [-0.15, -0.1) is 6.58 Å². The van der Waals surface area contributed by atoms with Gasteiger partial charge in [-0.2, -0.15) is 0 Å². The van der Waals surface area contributed by atoms with Crippen molar-refractivity contribution in [1.29, 1.82) is 0 Å². The van der Waals surface area contributed by atoms with Gasteiger partial charge in [-0.25, -0.2) is 4.79 Å². The van der Waals surface area contributed by atoms with Gasteiger partial charge < -0.3 is 9.84 Å². The summed E-state index contributed by atoms with van der Waals surface area (Å²) in [6, 6.07) is 10.6. The Hall–Kier alpha value is -2.29. The smallest absolute Gasteiger partial charge is 0.336 e. The predicted octanol–water partition coefficient (Wildman–Crippen LogP) is 3.49. The van der Waals surface area contributed by atoms with E-state index < -0.39 is 5.97 Å². The summed E-state index contributed by atoms with van der Waals surface area (Å²) in [5.41, 5.74) is 0.310. The second-order valence-electron chi connectivity index (χ2n) is 3.92. The lowest BCUT2D eigenvalue weighted by atomic mass is 10.0. The summed E-state index contributed by atoms with van der Waals surface area (Å²) in [5, 5.41) is 10.7. The van der Waals surface area contributed by atoms with Gasteiger partial charge in [0.25, 0.3) is 0 Å². The maximum atomic E-state index is 11.1. The van der Waals surface area contributed by atoms with Crippen molar-refractivity contribution in [3.63, 3.8) is 0 Å². The molecule has 3 nitrogen and oxygen atoms in total. The third-order valence-corrected chi connectivity index (χ3v) is 2.67. The number of hydrogen-bond donors (Lipinski definition) is 1. The highest BCUT2D eigenvalue weighted by Gasteiger charge is 2.08. The predicted molar refractivity (Wildman–Crippen MR) is 71.2 cm³/mol. The molecule has 0 spiro atoms. The fourth-order valence-corrected chi connectivity index (χ4v) is 1.80. The van der Waals surface area contributed by atoms with Gasteiger partial charge in [0.1, 0.15) is 5.75 Å². The van der Waals surface area contributed by atoms with Crippen LogP contribution < -0.4 is 4.74 Å². The summed E-state index contributed by atoms with van der Waals surface area (Å²) in [5.74, 6) is -0.173. The Morgan fingerprint density at radius 2 is 2.17 bits per heavy atom. The molecule has 0 aliphatic heterocycles. The average Bonchev–Trinajstić information content (AvgIpc) is 2.38. The summed E-state index contributed by atoms with van der Waals surface area (Å²) in [4.78, 5) is 11.1. The van der Waals surface area contributed by atoms with Gasteiger partial charge in [-0.1, -0.05) is 18.2 Å². The fraction of sp³-hybridized carbons (Fsp3) is 0.133. The standard InChI is InChI=1S/C15H14O3/c1-2-3-9-18-12-7-8-13-11(10-12)5-4-6-14(13)15(16)17/h2,4-8,10H,1,3,9H2,(H,16,17). The molecule has 0 unspecified atom stereocenters. The number of carbonyl (C=O) groups is 1. The fourth-order valence-electron chi connectivity index (χ4n) is 1.80. The lowest BCUT2D eigenvalue weighted by Crippen LogP contribution is -1.98. The van der Waals surface area contributed by atoms with Crippen molar-refractivity contribution in [3.8, 4) is 5.75 Å². The van der Waals surface area contributed by atoms with Crippen molar-refractivity contribution in [2.45, 2.75) is 6.42 Å². The SMILES string of the molecule is C=CCCOc1ccc2c(C(=O)O)cccc2c1. The average molecular weight is 242 g/mol. The highest BCUT2D eigenvalue weighted by atomic mass is 16.5. The summed E-state index contributed by atoms with van der Waals surface area (Å²) >= 11 is 0. The van der Waals surface area contributed by atoms with Crippen LogP contribution in [0, 0.1) is 0 Å². The van der Waals surface area contributed by atoms with Crippen LogP contribution in [0.3, 0.4) is 0 Å². The maximum absolute atomic E-state index is 11.1. The van der Waals surface area contributed by atoms with E-state index in [9.17, 15) is 4.79 Å². The molecule has 2 aromatic carbocycles. The third kappa shape index (κ3) is 2.51. The van der Waals surface area contributed by atoms with Crippen molar-refractivity contribution in [2.24, 2.45) is 0 Å². The molecule has 0 aliphatic carbocycles. The van der Waals surface area contributed by atoms with Crippen molar-refractivity contribution >= 4 is 16.7 Å².